The molecule has 4 heteroatoms. The molecule has 0 saturated heterocycles. The number of hydrogen-bond donors (Lipinski definition) is 2. The lowest BCUT2D eigenvalue weighted by molar-refractivity contribution is 0.0903. The van der Waals surface area contributed by atoms with Crippen LogP contribution in [0.1, 0.15) is 74.1 Å². The van der Waals surface area contributed by atoms with Gasteiger partial charge in [-0.15, -0.1) is 0 Å². The Bertz CT molecular complexity index is 455. The fraction of sp³-hybridized carbons (Fsp3) is 0.556. The van der Waals surface area contributed by atoms with E-state index in [9.17, 15) is 9.59 Å². The minimum Gasteiger partial charge on any atom is -0.350 e. The van der Waals surface area contributed by atoms with Crippen LogP contribution >= 0.6 is 0 Å². The van der Waals surface area contributed by atoms with E-state index < -0.39 is 0 Å². The number of amides is 2. The largest absolute Gasteiger partial charge is 0.350 e. The zero-order valence-electron chi connectivity index (χ0n) is 14.1. The van der Waals surface area contributed by atoms with Crippen LogP contribution in [0.3, 0.4) is 0 Å². The maximum absolute atomic E-state index is 12.4. The van der Waals surface area contributed by atoms with E-state index in [0.29, 0.717) is 11.1 Å². The first-order valence-electron chi connectivity index (χ1n) is 8.20. The zero-order valence-corrected chi connectivity index (χ0v) is 14.1. The molecule has 1 rings (SSSR count). The van der Waals surface area contributed by atoms with E-state index in [1.54, 1.807) is 24.3 Å². The topological polar surface area (TPSA) is 58.2 Å². The van der Waals surface area contributed by atoms with Gasteiger partial charge in [0.05, 0.1) is 11.1 Å². The summed E-state index contributed by atoms with van der Waals surface area (Å²) in [6, 6.07) is 7.18. The van der Waals surface area contributed by atoms with Crippen molar-refractivity contribution >= 4 is 11.8 Å². The van der Waals surface area contributed by atoms with Crippen molar-refractivity contribution in [3.05, 3.63) is 35.4 Å². The maximum Gasteiger partial charge on any atom is 0.252 e. The summed E-state index contributed by atoms with van der Waals surface area (Å²) in [5.74, 6) is -0.371. The number of nitrogens with one attached hydrogen (secondary N) is 2. The average molecular weight is 304 g/mol. The van der Waals surface area contributed by atoms with Gasteiger partial charge in [-0.3, -0.25) is 9.59 Å². The summed E-state index contributed by atoms with van der Waals surface area (Å²) < 4.78 is 0. The van der Waals surface area contributed by atoms with Gasteiger partial charge >= 0.3 is 0 Å². The normalized spacial score (nSPS) is 13.3. The van der Waals surface area contributed by atoms with Gasteiger partial charge in [0.2, 0.25) is 0 Å². The Morgan fingerprint density at radius 1 is 0.864 bits per heavy atom. The molecule has 0 aliphatic carbocycles. The molecule has 2 amide bonds. The molecule has 1 aromatic rings. The fourth-order valence-corrected chi connectivity index (χ4v) is 2.49. The maximum atomic E-state index is 12.4. The van der Waals surface area contributed by atoms with Crippen LogP contribution in [0.5, 0.6) is 0 Å². The highest BCUT2D eigenvalue weighted by molar-refractivity contribution is 6.07. The second-order valence-electron chi connectivity index (χ2n) is 5.87. The van der Waals surface area contributed by atoms with E-state index in [2.05, 4.69) is 24.5 Å². The summed E-state index contributed by atoms with van der Waals surface area (Å²) in [6.45, 7) is 8.12. The molecule has 2 N–H and O–H groups in total. The van der Waals surface area contributed by atoms with Gasteiger partial charge in [-0.25, -0.2) is 0 Å². The zero-order chi connectivity index (χ0) is 16.5. The highest BCUT2D eigenvalue weighted by Crippen LogP contribution is 2.11. The molecule has 0 bridgehead atoms. The summed E-state index contributed by atoms with van der Waals surface area (Å²) in [7, 11) is 0. The molecule has 0 fully saturated rings. The van der Waals surface area contributed by atoms with Gasteiger partial charge in [0, 0.05) is 12.1 Å². The van der Waals surface area contributed by atoms with E-state index in [-0.39, 0.29) is 23.9 Å². The van der Waals surface area contributed by atoms with Crippen LogP contribution in [0, 0.1) is 0 Å². The smallest absolute Gasteiger partial charge is 0.252 e. The van der Waals surface area contributed by atoms with Gasteiger partial charge in [-0.1, -0.05) is 38.8 Å². The van der Waals surface area contributed by atoms with Gasteiger partial charge in [-0.2, -0.15) is 0 Å². The summed E-state index contributed by atoms with van der Waals surface area (Å²) >= 11 is 0. The van der Waals surface area contributed by atoms with Crippen molar-refractivity contribution < 1.29 is 9.59 Å². The number of hydrogen-bond acceptors (Lipinski definition) is 2. The van der Waals surface area contributed by atoms with Crippen LogP contribution < -0.4 is 10.6 Å². The van der Waals surface area contributed by atoms with Crippen LogP contribution in [-0.4, -0.2) is 23.9 Å². The van der Waals surface area contributed by atoms with Crippen molar-refractivity contribution in [3.63, 3.8) is 0 Å². The van der Waals surface area contributed by atoms with Gasteiger partial charge in [-0.05, 0) is 38.8 Å². The fourth-order valence-electron chi connectivity index (χ4n) is 2.49. The lowest BCUT2D eigenvalue weighted by atomic mass is 10.0. The first kappa shape index (κ1) is 18.2. The van der Waals surface area contributed by atoms with E-state index in [0.717, 1.165) is 25.7 Å². The van der Waals surface area contributed by atoms with Crippen LogP contribution in [0.4, 0.5) is 0 Å². The van der Waals surface area contributed by atoms with Gasteiger partial charge in [0.1, 0.15) is 0 Å². The Balaban J connectivity index is 2.84. The Morgan fingerprint density at radius 2 is 1.23 bits per heavy atom. The summed E-state index contributed by atoms with van der Waals surface area (Å²) in [5.41, 5.74) is 0.873. The third-order valence-corrected chi connectivity index (χ3v) is 3.61. The molecule has 0 spiro atoms. The monoisotopic (exact) mass is 304 g/mol. The van der Waals surface area contributed by atoms with Crippen LogP contribution in [-0.2, 0) is 0 Å². The van der Waals surface area contributed by atoms with Crippen molar-refractivity contribution in [2.24, 2.45) is 0 Å². The molecule has 0 aliphatic rings. The number of carbonyl (C=O) groups is 2. The van der Waals surface area contributed by atoms with E-state index in [1.165, 1.54) is 0 Å². The molecule has 0 aliphatic heterocycles. The lowest BCUT2D eigenvalue weighted by Gasteiger charge is -2.17. The minimum atomic E-state index is -0.185. The molecule has 22 heavy (non-hydrogen) atoms. The average Bonchev–Trinajstić information content (AvgIpc) is 2.47. The second-order valence-corrected chi connectivity index (χ2v) is 5.87. The predicted molar refractivity (Wildman–Crippen MR) is 90.1 cm³/mol. The van der Waals surface area contributed by atoms with Crippen LogP contribution in [0.2, 0.25) is 0 Å². The van der Waals surface area contributed by atoms with Crippen molar-refractivity contribution in [1.29, 1.82) is 0 Å². The van der Waals surface area contributed by atoms with E-state index >= 15 is 0 Å². The third-order valence-electron chi connectivity index (χ3n) is 3.61. The van der Waals surface area contributed by atoms with Gasteiger partial charge in [0.15, 0.2) is 0 Å². The molecule has 2 atom stereocenters. The Labute approximate surface area is 133 Å². The Hall–Kier alpha value is -1.84. The molecular formula is C18H28N2O2. The number of rotatable bonds is 8. The van der Waals surface area contributed by atoms with Crippen LogP contribution in [0.15, 0.2) is 24.3 Å². The summed E-state index contributed by atoms with van der Waals surface area (Å²) in [4.78, 5) is 24.8. The highest BCUT2D eigenvalue weighted by atomic mass is 16.2. The third kappa shape index (κ3) is 5.51. The first-order chi connectivity index (χ1) is 10.5. The second kappa shape index (κ2) is 9.23. The van der Waals surface area contributed by atoms with Crippen molar-refractivity contribution in [2.45, 2.75) is 65.5 Å². The van der Waals surface area contributed by atoms with E-state index in [4.69, 9.17) is 0 Å². The number of benzene rings is 1. The Kier molecular flexibility index (Phi) is 7.64. The first-order valence-corrected chi connectivity index (χ1v) is 8.20. The molecule has 0 unspecified atom stereocenters. The van der Waals surface area contributed by atoms with E-state index in [1.807, 2.05) is 13.8 Å². The summed E-state index contributed by atoms with van der Waals surface area (Å²) in [5, 5.41) is 5.90. The highest BCUT2D eigenvalue weighted by Gasteiger charge is 2.18. The molecule has 0 aromatic heterocycles. The Morgan fingerprint density at radius 3 is 1.55 bits per heavy atom. The summed E-state index contributed by atoms with van der Waals surface area (Å²) in [6.07, 6.45) is 3.87. The quantitative estimate of drug-likeness (QED) is 0.772. The molecule has 4 nitrogen and oxygen atoms in total. The standard InChI is InChI=1S/C18H28N2O2/c1-5-9-13(3)19-17(21)15-11-7-8-12-16(15)18(22)20-14(4)10-6-2/h7-8,11-14H,5-6,9-10H2,1-4H3,(H,19,21)(H,20,22)/t13-,14+. The molecule has 0 heterocycles. The van der Waals surface area contributed by atoms with Gasteiger partial charge in [0.25, 0.3) is 11.8 Å². The van der Waals surface area contributed by atoms with Crippen molar-refractivity contribution in [3.8, 4) is 0 Å². The predicted octanol–water partition coefficient (Wildman–Crippen LogP) is 3.52. The van der Waals surface area contributed by atoms with Crippen molar-refractivity contribution in [1.82, 2.24) is 10.6 Å². The van der Waals surface area contributed by atoms with Gasteiger partial charge < -0.3 is 10.6 Å². The molecule has 0 saturated carbocycles. The van der Waals surface area contributed by atoms with Crippen LogP contribution in [0.25, 0.3) is 0 Å². The molecule has 122 valence electrons. The SMILES string of the molecule is CCC[C@@H](C)NC(=O)c1ccccc1C(=O)N[C@@H](C)CCC. The van der Waals surface area contributed by atoms with Crippen molar-refractivity contribution in [2.75, 3.05) is 0 Å². The molecule has 1 aromatic carbocycles. The molecular weight excluding hydrogens is 276 g/mol. The molecule has 0 radical (unpaired) electrons. The number of carbonyl (C=O) groups excluding carboxylic acids is 2. The lowest BCUT2D eigenvalue weighted by Crippen LogP contribution is -2.36. The minimum absolute atomic E-state index is 0.104.